The van der Waals surface area contributed by atoms with Crippen molar-refractivity contribution in [1.29, 1.82) is 0 Å². The van der Waals surface area contributed by atoms with Crippen LogP contribution in [-0.4, -0.2) is 39.9 Å². The number of nitrogens with one attached hydrogen (secondary N) is 2. The van der Waals surface area contributed by atoms with Crippen LogP contribution in [0.25, 0.3) is 0 Å². The van der Waals surface area contributed by atoms with E-state index < -0.39 is 0 Å². The van der Waals surface area contributed by atoms with Crippen molar-refractivity contribution in [3.8, 4) is 17.2 Å². The minimum atomic E-state index is -0.207. The molecular weight excluding hydrogens is 356 g/mol. The maximum Gasteiger partial charge on any atom is 0.314 e. The van der Waals surface area contributed by atoms with Crippen LogP contribution in [0.1, 0.15) is 22.3 Å². The molecule has 2 aromatic carbocycles. The van der Waals surface area contributed by atoms with E-state index in [0.717, 1.165) is 22.4 Å². The van der Waals surface area contributed by atoms with Crippen LogP contribution in [-0.2, 0) is 6.42 Å². The molecule has 2 amide bonds. The van der Waals surface area contributed by atoms with Crippen LogP contribution >= 0.6 is 0 Å². The summed E-state index contributed by atoms with van der Waals surface area (Å²) in [7, 11) is 3.21. The van der Waals surface area contributed by atoms with Crippen LogP contribution in [0.2, 0.25) is 0 Å². The molecule has 0 aliphatic rings. The third kappa shape index (κ3) is 6.08. The van der Waals surface area contributed by atoms with E-state index in [1.165, 1.54) is 5.56 Å². The smallest absolute Gasteiger partial charge is 0.314 e. The molecule has 0 radical (unpaired) electrons. The Kier molecular flexibility index (Phi) is 7.99. The Morgan fingerprint density at radius 2 is 1.54 bits per heavy atom. The van der Waals surface area contributed by atoms with Gasteiger partial charge in [0.25, 0.3) is 0 Å². The summed E-state index contributed by atoms with van der Waals surface area (Å²) < 4.78 is 16.3. The first-order valence-corrected chi connectivity index (χ1v) is 9.38. The summed E-state index contributed by atoms with van der Waals surface area (Å²) in [4.78, 5) is 11.9. The van der Waals surface area contributed by atoms with Crippen molar-refractivity contribution in [2.75, 3.05) is 33.9 Å². The van der Waals surface area contributed by atoms with Crippen molar-refractivity contribution in [2.24, 2.45) is 0 Å². The molecule has 0 aromatic heterocycles. The Morgan fingerprint density at radius 1 is 0.893 bits per heavy atom. The predicted octanol–water partition coefficient (Wildman–Crippen LogP) is 3.55. The fourth-order valence-corrected chi connectivity index (χ4v) is 3.13. The first-order valence-electron chi connectivity index (χ1n) is 9.38. The van der Waals surface area contributed by atoms with Crippen molar-refractivity contribution in [2.45, 2.75) is 27.2 Å². The number of aryl methyl sites for hydroxylation is 3. The molecule has 0 spiro atoms. The van der Waals surface area contributed by atoms with E-state index in [0.29, 0.717) is 37.6 Å². The van der Waals surface area contributed by atoms with Gasteiger partial charge in [-0.05, 0) is 56.0 Å². The Hall–Kier alpha value is -2.89. The molecule has 0 unspecified atom stereocenters. The van der Waals surface area contributed by atoms with E-state index in [4.69, 9.17) is 14.2 Å². The molecule has 0 atom stereocenters. The zero-order valence-corrected chi connectivity index (χ0v) is 17.3. The number of methoxy groups -OCH3 is 2. The normalized spacial score (nSPS) is 10.3. The van der Waals surface area contributed by atoms with E-state index in [2.05, 4.69) is 29.7 Å². The molecule has 2 N–H and O–H groups in total. The summed E-state index contributed by atoms with van der Waals surface area (Å²) in [6.45, 7) is 7.52. The zero-order chi connectivity index (χ0) is 20.5. The SMILES string of the molecule is COc1ccc(CCNC(=O)NCCOc2c(C)cc(C)cc2C)cc1OC. The van der Waals surface area contributed by atoms with Gasteiger partial charge in [0.2, 0.25) is 0 Å². The molecule has 0 aliphatic carbocycles. The summed E-state index contributed by atoms with van der Waals surface area (Å²) >= 11 is 0. The van der Waals surface area contributed by atoms with Gasteiger partial charge in [-0.15, -0.1) is 0 Å². The third-order valence-electron chi connectivity index (χ3n) is 4.39. The number of carbonyl (C=O) groups is 1. The molecule has 6 heteroatoms. The van der Waals surface area contributed by atoms with Gasteiger partial charge >= 0.3 is 6.03 Å². The number of rotatable bonds is 9. The van der Waals surface area contributed by atoms with Crippen molar-refractivity contribution in [1.82, 2.24) is 10.6 Å². The summed E-state index contributed by atoms with van der Waals surface area (Å²) in [5.74, 6) is 2.26. The highest BCUT2D eigenvalue weighted by molar-refractivity contribution is 5.73. The Labute approximate surface area is 167 Å². The summed E-state index contributed by atoms with van der Waals surface area (Å²) in [5, 5.41) is 5.66. The van der Waals surface area contributed by atoms with Crippen molar-refractivity contribution in [3.05, 3.63) is 52.6 Å². The minimum Gasteiger partial charge on any atom is -0.493 e. The quantitative estimate of drug-likeness (QED) is 0.647. The second-order valence-electron chi connectivity index (χ2n) is 6.70. The molecule has 2 rings (SSSR count). The molecule has 2 aromatic rings. The molecule has 6 nitrogen and oxygen atoms in total. The highest BCUT2D eigenvalue weighted by Gasteiger charge is 2.07. The Balaban J connectivity index is 1.69. The Morgan fingerprint density at radius 3 is 2.18 bits per heavy atom. The van der Waals surface area contributed by atoms with Crippen LogP contribution in [0.5, 0.6) is 17.2 Å². The average Bonchev–Trinajstić information content (AvgIpc) is 2.66. The van der Waals surface area contributed by atoms with Crippen LogP contribution < -0.4 is 24.8 Å². The summed E-state index contributed by atoms with van der Waals surface area (Å²) in [6.07, 6.45) is 0.700. The highest BCUT2D eigenvalue weighted by atomic mass is 16.5. The lowest BCUT2D eigenvalue weighted by Crippen LogP contribution is -2.38. The fraction of sp³-hybridized carbons (Fsp3) is 0.409. The van der Waals surface area contributed by atoms with Gasteiger partial charge in [-0.25, -0.2) is 4.79 Å². The summed E-state index contributed by atoms with van der Waals surface area (Å²) in [6, 6.07) is 9.72. The van der Waals surface area contributed by atoms with Gasteiger partial charge in [0.05, 0.1) is 20.8 Å². The van der Waals surface area contributed by atoms with Crippen LogP contribution in [0.4, 0.5) is 4.79 Å². The minimum absolute atomic E-state index is 0.207. The van der Waals surface area contributed by atoms with Gasteiger partial charge in [0.15, 0.2) is 11.5 Å². The molecule has 0 fully saturated rings. The van der Waals surface area contributed by atoms with Gasteiger partial charge in [-0.2, -0.15) is 0 Å². The second-order valence-corrected chi connectivity index (χ2v) is 6.70. The highest BCUT2D eigenvalue weighted by Crippen LogP contribution is 2.27. The first kappa shape index (κ1) is 21.4. The summed E-state index contributed by atoms with van der Waals surface area (Å²) in [5.41, 5.74) is 4.50. The molecule has 0 saturated heterocycles. The van der Waals surface area contributed by atoms with Gasteiger partial charge in [0.1, 0.15) is 12.4 Å². The van der Waals surface area contributed by atoms with Gasteiger partial charge in [-0.1, -0.05) is 23.8 Å². The Bertz CT molecular complexity index is 782. The number of urea groups is 1. The predicted molar refractivity (Wildman–Crippen MR) is 111 cm³/mol. The standard InChI is InChI=1S/C22H30N2O4/c1-15-12-16(2)21(17(3)13-15)28-11-10-24-22(25)23-9-8-18-6-7-19(26-4)20(14-18)27-5/h6-7,12-14H,8-11H2,1-5H3,(H2,23,24,25). The number of benzene rings is 2. The van der Waals surface area contributed by atoms with Crippen molar-refractivity contribution >= 4 is 6.03 Å². The number of hydrogen-bond donors (Lipinski definition) is 2. The topological polar surface area (TPSA) is 68.8 Å². The largest absolute Gasteiger partial charge is 0.493 e. The molecular formula is C22H30N2O4. The maximum atomic E-state index is 11.9. The third-order valence-corrected chi connectivity index (χ3v) is 4.39. The van der Waals surface area contributed by atoms with E-state index in [-0.39, 0.29) is 6.03 Å². The molecule has 0 aliphatic heterocycles. The molecule has 152 valence electrons. The lowest BCUT2D eigenvalue weighted by molar-refractivity contribution is 0.236. The number of carbonyl (C=O) groups excluding carboxylic acids is 1. The van der Waals surface area contributed by atoms with Crippen molar-refractivity contribution < 1.29 is 19.0 Å². The van der Waals surface area contributed by atoms with E-state index >= 15 is 0 Å². The molecule has 0 heterocycles. The molecule has 28 heavy (non-hydrogen) atoms. The van der Waals surface area contributed by atoms with Gasteiger partial charge in [0, 0.05) is 6.54 Å². The van der Waals surface area contributed by atoms with E-state index in [1.54, 1.807) is 14.2 Å². The zero-order valence-electron chi connectivity index (χ0n) is 17.3. The van der Waals surface area contributed by atoms with Crippen LogP contribution in [0.15, 0.2) is 30.3 Å². The van der Waals surface area contributed by atoms with Crippen LogP contribution in [0, 0.1) is 20.8 Å². The first-order chi connectivity index (χ1) is 13.4. The number of amides is 2. The fourth-order valence-electron chi connectivity index (χ4n) is 3.13. The number of ether oxygens (including phenoxy) is 3. The second kappa shape index (κ2) is 10.4. The van der Waals surface area contributed by atoms with Crippen LogP contribution in [0.3, 0.4) is 0 Å². The maximum absolute atomic E-state index is 11.9. The lowest BCUT2D eigenvalue weighted by Gasteiger charge is -2.14. The van der Waals surface area contributed by atoms with E-state index in [9.17, 15) is 4.79 Å². The monoisotopic (exact) mass is 386 g/mol. The van der Waals surface area contributed by atoms with Gasteiger partial charge < -0.3 is 24.8 Å². The molecule has 0 saturated carbocycles. The lowest BCUT2D eigenvalue weighted by atomic mass is 10.1. The average molecular weight is 386 g/mol. The van der Waals surface area contributed by atoms with Crippen molar-refractivity contribution in [3.63, 3.8) is 0 Å². The van der Waals surface area contributed by atoms with Gasteiger partial charge in [-0.3, -0.25) is 0 Å². The number of hydrogen-bond acceptors (Lipinski definition) is 4. The molecule has 0 bridgehead atoms. The van der Waals surface area contributed by atoms with E-state index in [1.807, 2.05) is 32.0 Å².